The summed E-state index contributed by atoms with van der Waals surface area (Å²) in [5, 5.41) is 5.83. The van der Waals surface area contributed by atoms with E-state index in [4.69, 9.17) is 9.47 Å². The summed E-state index contributed by atoms with van der Waals surface area (Å²) in [6, 6.07) is 7.62. The number of hydrogen-bond donors (Lipinski definition) is 2. The Bertz CT molecular complexity index is 691. The minimum absolute atomic E-state index is 0.112. The van der Waals surface area contributed by atoms with Crippen molar-refractivity contribution in [2.45, 2.75) is 12.6 Å². The fourth-order valence-corrected chi connectivity index (χ4v) is 2.32. The molecule has 1 aliphatic rings. The lowest BCUT2D eigenvalue weighted by Gasteiger charge is -2.22. The molecule has 0 radical (unpaired) electrons. The van der Waals surface area contributed by atoms with Gasteiger partial charge in [-0.2, -0.15) is 0 Å². The topological polar surface area (TPSA) is 72.5 Å². The van der Waals surface area contributed by atoms with Crippen LogP contribution in [0.3, 0.4) is 0 Å². The molecule has 3 rings (SSSR count). The lowest BCUT2D eigenvalue weighted by molar-refractivity contribution is -0.126. The number of amides is 1. The maximum atomic E-state index is 14.1. The average molecular weight is 331 g/mol. The number of benzene rings is 1. The molecule has 0 spiro atoms. The van der Waals surface area contributed by atoms with Crippen molar-refractivity contribution in [3.8, 4) is 11.5 Å². The van der Waals surface area contributed by atoms with Crippen LogP contribution < -0.4 is 15.4 Å². The van der Waals surface area contributed by atoms with Gasteiger partial charge in [-0.1, -0.05) is 6.07 Å². The van der Waals surface area contributed by atoms with Crippen LogP contribution in [0, 0.1) is 5.82 Å². The number of pyridine rings is 1. The average Bonchev–Trinajstić information content (AvgIpc) is 2.63. The van der Waals surface area contributed by atoms with Gasteiger partial charge in [0.2, 0.25) is 5.91 Å². The van der Waals surface area contributed by atoms with E-state index in [1.807, 2.05) is 0 Å². The first-order valence-corrected chi connectivity index (χ1v) is 7.67. The smallest absolute Gasteiger partial charge is 0.239 e. The third-order valence-electron chi connectivity index (χ3n) is 3.56. The number of rotatable bonds is 5. The van der Waals surface area contributed by atoms with E-state index in [1.165, 1.54) is 18.3 Å². The Kier molecular flexibility index (Phi) is 5.35. The van der Waals surface area contributed by atoms with Crippen LogP contribution in [0.2, 0.25) is 0 Å². The molecular weight excluding hydrogens is 313 g/mol. The van der Waals surface area contributed by atoms with Crippen molar-refractivity contribution in [3.05, 3.63) is 54.1 Å². The number of ether oxygens (including phenoxy) is 2. The van der Waals surface area contributed by atoms with Crippen LogP contribution in [0.15, 0.2) is 42.7 Å². The molecule has 0 aliphatic carbocycles. The Morgan fingerprint density at radius 2 is 2.38 bits per heavy atom. The Morgan fingerprint density at radius 1 is 1.46 bits per heavy atom. The van der Waals surface area contributed by atoms with Crippen molar-refractivity contribution in [1.29, 1.82) is 0 Å². The fourth-order valence-electron chi connectivity index (χ4n) is 2.32. The molecule has 1 amide bonds. The molecule has 0 saturated carbocycles. The molecule has 1 aliphatic heterocycles. The zero-order valence-electron chi connectivity index (χ0n) is 13.0. The summed E-state index contributed by atoms with van der Waals surface area (Å²) in [7, 11) is 0. The van der Waals surface area contributed by atoms with Gasteiger partial charge in [0.15, 0.2) is 11.6 Å². The van der Waals surface area contributed by atoms with E-state index in [0.29, 0.717) is 31.1 Å². The van der Waals surface area contributed by atoms with Gasteiger partial charge in [0.05, 0.1) is 19.4 Å². The Labute approximate surface area is 139 Å². The molecule has 2 heterocycles. The molecule has 0 unspecified atom stereocenters. The Balaban J connectivity index is 1.57. The summed E-state index contributed by atoms with van der Waals surface area (Å²) in [5.41, 5.74) is 0.649. The first kappa shape index (κ1) is 16.4. The molecule has 7 heteroatoms. The summed E-state index contributed by atoms with van der Waals surface area (Å²) >= 11 is 0. The molecule has 1 saturated heterocycles. The Hall–Kier alpha value is -2.51. The van der Waals surface area contributed by atoms with Crippen LogP contribution >= 0.6 is 0 Å². The van der Waals surface area contributed by atoms with E-state index in [0.717, 1.165) is 0 Å². The highest BCUT2D eigenvalue weighted by Gasteiger charge is 2.20. The summed E-state index contributed by atoms with van der Waals surface area (Å²) in [4.78, 5) is 15.9. The van der Waals surface area contributed by atoms with E-state index < -0.39 is 5.82 Å². The lowest BCUT2D eigenvalue weighted by atomic mass is 10.2. The number of halogens is 1. The summed E-state index contributed by atoms with van der Waals surface area (Å²) in [6.07, 6.45) is 3.12. The SMILES string of the molecule is O=C(NCc1ccc(Oc2cccnc2)c(F)c1)[C@@H]1COCCN1. The van der Waals surface area contributed by atoms with Crippen molar-refractivity contribution in [1.82, 2.24) is 15.6 Å². The highest BCUT2D eigenvalue weighted by Crippen LogP contribution is 2.24. The van der Waals surface area contributed by atoms with Gasteiger partial charge < -0.3 is 20.1 Å². The van der Waals surface area contributed by atoms with E-state index >= 15 is 0 Å². The predicted molar refractivity (Wildman–Crippen MR) is 85.2 cm³/mol. The third kappa shape index (κ3) is 4.27. The highest BCUT2D eigenvalue weighted by atomic mass is 19.1. The van der Waals surface area contributed by atoms with E-state index in [1.54, 1.807) is 24.4 Å². The zero-order valence-corrected chi connectivity index (χ0v) is 13.0. The van der Waals surface area contributed by atoms with Crippen LogP contribution in [0.4, 0.5) is 4.39 Å². The molecule has 1 aromatic carbocycles. The van der Waals surface area contributed by atoms with Gasteiger partial charge in [-0.3, -0.25) is 9.78 Å². The maximum Gasteiger partial charge on any atom is 0.239 e. The number of morpholine rings is 1. The zero-order chi connectivity index (χ0) is 16.8. The largest absolute Gasteiger partial charge is 0.453 e. The van der Waals surface area contributed by atoms with Crippen molar-refractivity contribution in [2.24, 2.45) is 0 Å². The van der Waals surface area contributed by atoms with E-state index in [-0.39, 0.29) is 24.2 Å². The van der Waals surface area contributed by atoms with Gasteiger partial charge in [-0.25, -0.2) is 4.39 Å². The molecule has 126 valence electrons. The molecular formula is C17H18FN3O3. The minimum atomic E-state index is -0.496. The number of nitrogens with zero attached hydrogens (tertiary/aromatic N) is 1. The summed E-state index contributed by atoms with van der Waals surface area (Å²) in [5.74, 6) is -0.0863. The first-order chi connectivity index (χ1) is 11.7. The van der Waals surface area contributed by atoms with Crippen LogP contribution in [0.1, 0.15) is 5.56 Å². The van der Waals surface area contributed by atoms with Crippen LogP contribution in [0.5, 0.6) is 11.5 Å². The highest BCUT2D eigenvalue weighted by molar-refractivity contribution is 5.81. The van der Waals surface area contributed by atoms with Gasteiger partial charge in [-0.15, -0.1) is 0 Å². The molecule has 1 fully saturated rings. The van der Waals surface area contributed by atoms with Gasteiger partial charge in [0, 0.05) is 19.3 Å². The van der Waals surface area contributed by atoms with E-state index in [2.05, 4.69) is 15.6 Å². The first-order valence-electron chi connectivity index (χ1n) is 7.67. The van der Waals surface area contributed by atoms with Gasteiger partial charge in [-0.05, 0) is 29.8 Å². The van der Waals surface area contributed by atoms with Crippen LogP contribution in [0.25, 0.3) is 0 Å². The number of carbonyl (C=O) groups is 1. The van der Waals surface area contributed by atoms with Crippen molar-refractivity contribution < 1.29 is 18.7 Å². The second-order valence-electron chi connectivity index (χ2n) is 5.35. The van der Waals surface area contributed by atoms with Gasteiger partial charge in [0.25, 0.3) is 0 Å². The second kappa shape index (κ2) is 7.85. The van der Waals surface area contributed by atoms with Gasteiger partial charge in [0.1, 0.15) is 11.8 Å². The summed E-state index contributed by atoms with van der Waals surface area (Å²) < 4.78 is 24.8. The number of carbonyl (C=O) groups excluding carboxylic acids is 1. The quantitative estimate of drug-likeness (QED) is 0.871. The Morgan fingerprint density at radius 3 is 3.08 bits per heavy atom. The lowest BCUT2D eigenvalue weighted by Crippen LogP contribution is -2.51. The van der Waals surface area contributed by atoms with Crippen molar-refractivity contribution in [3.63, 3.8) is 0 Å². The molecule has 2 aromatic rings. The van der Waals surface area contributed by atoms with E-state index in [9.17, 15) is 9.18 Å². The second-order valence-corrected chi connectivity index (χ2v) is 5.35. The molecule has 2 N–H and O–H groups in total. The van der Waals surface area contributed by atoms with Crippen molar-refractivity contribution in [2.75, 3.05) is 19.8 Å². The van der Waals surface area contributed by atoms with Crippen LogP contribution in [-0.2, 0) is 16.1 Å². The molecule has 1 aromatic heterocycles. The predicted octanol–water partition coefficient (Wildman–Crippen LogP) is 1.62. The van der Waals surface area contributed by atoms with Crippen LogP contribution in [-0.4, -0.2) is 36.7 Å². The van der Waals surface area contributed by atoms with Crippen molar-refractivity contribution >= 4 is 5.91 Å². The summed E-state index contributed by atoms with van der Waals surface area (Å²) in [6.45, 7) is 1.83. The number of aromatic nitrogens is 1. The molecule has 24 heavy (non-hydrogen) atoms. The third-order valence-corrected chi connectivity index (χ3v) is 3.56. The fraction of sp³-hybridized carbons (Fsp3) is 0.294. The van der Waals surface area contributed by atoms with Gasteiger partial charge >= 0.3 is 0 Å². The minimum Gasteiger partial charge on any atom is -0.453 e. The monoisotopic (exact) mass is 331 g/mol. The molecule has 0 bridgehead atoms. The number of hydrogen-bond acceptors (Lipinski definition) is 5. The maximum absolute atomic E-state index is 14.1. The molecule has 1 atom stereocenters. The normalized spacial score (nSPS) is 17.3. The number of nitrogens with one attached hydrogen (secondary N) is 2. The standard InChI is InChI=1S/C17H18FN3O3/c18-14-8-12(9-21-17(22)15-11-23-7-6-20-15)3-4-16(14)24-13-2-1-5-19-10-13/h1-5,8,10,15,20H,6-7,9,11H2,(H,21,22)/t15-/m0/s1. The molecule has 6 nitrogen and oxygen atoms in total.